The van der Waals surface area contributed by atoms with Gasteiger partial charge in [-0.2, -0.15) is 0 Å². The highest BCUT2D eigenvalue weighted by molar-refractivity contribution is 5.77. The van der Waals surface area contributed by atoms with E-state index in [2.05, 4.69) is 5.32 Å². The summed E-state index contributed by atoms with van der Waals surface area (Å²) in [5.74, 6) is -0.845. The molecular weight excluding hydrogens is 226 g/mol. The SMILES string of the molecule is O=C(O)[C@@H](Cc1ccccc1)Nc1ccccc1. The van der Waals surface area contributed by atoms with Gasteiger partial charge in [0.15, 0.2) is 0 Å². The lowest BCUT2D eigenvalue weighted by Gasteiger charge is -2.15. The zero-order valence-corrected chi connectivity index (χ0v) is 9.91. The molecule has 0 amide bonds. The van der Waals surface area contributed by atoms with Crippen LogP contribution in [0.15, 0.2) is 60.7 Å². The van der Waals surface area contributed by atoms with Gasteiger partial charge in [0.2, 0.25) is 0 Å². The van der Waals surface area contributed by atoms with E-state index in [0.717, 1.165) is 11.3 Å². The molecule has 3 nitrogen and oxygen atoms in total. The lowest BCUT2D eigenvalue weighted by molar-refractivity contribution is -0.137. The first-order valence-electron chi connectivity index (χ1n) is 5.84. The summed E-state index contributed by atoms with van der Waals surface area (Å²) in [4.78, 5) is 11.2. The van der Waals surface area contributed by atoms with Crippen LogP contribution in [0.2, 0.25) is 0 Å². The van der Waals surface area contributed by atoms with Crippen molar-refractivity contribution in [1.29, 1.82) is 0 Å². The molecule has 0 aliphatic carbocycles. The van der Waals surface area contributed by atoms with Crippen LogP contribution < -0.4 is 5.32 Å². The van der Waals surface area contributed by atoms with E-state index in [-0.39, 0.29) is 0 Å². The molecule has 2 N–H and O–H groups in total. The van der Waals surface area contributed by atoms with E-state index in [4.69, 9.17) is 0 Å². The van der Waals surface area contributed by atoms with E-state index in [0.29, 0.717) is 6.42 Å². The lowest BCUT2D eigenvalue weighted by Crippen LogP contribution is -2.31. The number of anilines is 1. The Morgan fingerprint density at radius 1 is 1.00 bits per heavy atom. The number of benzene rings is 2. The standard InChI is InChI=1S/C15H15NO2/c17-15(18)14(11-12-7-3-1-4-8-12)16-13-9-5-2-6-10-13/h1-10,14,16H,11H2,(H,17,18)/t14-/m1/s1. The molecule has 92 valence electrons. The zero-order valence-electron chi connectivity index (χ0n) is 9.91. The average molecular weight is 241 g/mol. The summed E-state index contributed by atoms with van der Waals surface area (Å²) in [5.41, 5.74) is 1.83. The maximum Gasteiger partial charge on any atom is 0.326 e. The van der Waals surface area contributed by atoms with Crippen molar-refractivity contribution in [2.24, 2.45) is 0 Å². The van der Waals surface area contributed by atoms with E-state index >= 15 is 0 Å². The largest absolute Gasteiger partial charge is 0.480 e. The van der Waals surface area contributed by atoms with Gasteiger partial charge in [-0.05, 0) is 17.7 Å². The van der Waals surface area contributed by atoms with Crippen LogP contribution in [0.25, 0.3) is 0 Å². The van der Waals surface area contributed by atoms with Gasteiger partial charge in [0.1, 0.15) is 6.04 Å². The number of hydrogen-bond donors (Lipinski definition) is 2. The van der Waals surface area contributed by atoms with Gasteiger partial charge in [-0.3, -0.25) is 0 Å². The molecule has 18 heavy (non-hydrogen) atoms. The first-order chi connectivity index (χ1) is 8.75. The minimum absolute atomic E-state index is 0.463. The Morgan fingerprint density at radius 3 is 2.11 bits per heavy atom. The van der Waals surface area contributed by atoms with Gasteiger partial charge in [0.05, 0.1) is 0 Å². The molecule has 0 aromatic heterocycles. The van der Waals surface area contributed by atoms with Crippen LogP contribution in [0, 0.1) is 0 Å². The fourth-order valence-corrected chi connectivity index (χ4v) is 1.79. The molecule has 1 atom stereocenters. The van der Waals surface area contributed by atoms with Crippen LogP contribution in [0.5, 0.6) is 0 Å². The molecule has 0 saturated carbocycles. The van der Waals surface area contributed by atoms with Crippen LogP contribution >= 0.6 is 0 Å². The molecule has 3 heteroatoms. The summed E-state index contributed by atoms with van der Waals surface area (Å²) < 4.78 is 0. The molecule has 2 rings (SSSR count). The Morgan fingerprint density at radius 2 is 1.56 bits per heavy atom. The Labute approximate surface area is 106 Å². The highest BCUT2D eigenvalue weighted by Gasteiger charge is 2.17. The van der Waals surface area contributed by atoms with E-state index in [1.807, 2.05) is 60.7 Å². The molecule has 0 spiro atoms. The van der Waals surface area contributed by atoms with Gasteiger partial charge in [0.25, 0.3) is 0 Å². The quantitative estimate of drug-likeness (QED) is 0.846. The normalized spacial score (nSPS) is 11.8. The second-order valence-corrected chi connectivity index (χ2v) is 4.09. The van der Waals surface area contributed by atoms with Crippen LogP contribution in [-0.2, 0) is 11.2 Å². The van der Waals surface area contributed by atoms with Gasteiger partial charge in [-0.25, -0.2) is 4.79 Å². The van der Waals surface area contributed by atoms with E-state index < -0.39 is 12.0 Å². The van der Waals surface area contributed by atoms with Crippen molar-refractivity contribution < 1.29 is 9.90 Å². The fourth-order valence-electron chi connectivity index (χ4n) is 1.79. The number of nitrogens with one attached hydrogen (secondary N) is 1. The van der Waals surface area contributed by atoms with Gasteiger partial charge >= 0.3 is 5.97 Å². The predicted molar refractivity (Wildman–Crippen MR) is 71.6 cm³/mol. The summed E-state index contributed by atoms with van der Waals surface area (Å²) >= 11 is 0. The molecular formula is C15H15NO2. The summed E-state index contributed by atoms with van der Waals surface area (Å²) in [7, 11) is 0. The molecule has 0 heterocycles. The van der Waals surface area contributed by atoms with Crippen molar-refractivity contribution in [1.82, 2.24) is 0 Å². The molecule has 0 bridgehead atoms. The molecule has 0 saturated heterocycles. The molecule has 0 radical (unpaired) electrons. The van der Waals surface area contributed by atoms with Crippen molar-refractivity contribution in [3.63, 3.8) is 0 Å². The van der Waals surface area contributed by atoms with Crippen LogP contribution in [0.1, 0.15) is 5.56 Å². The van der Waals surface area contributed by atoms with Crippen molar-refractivity contribution >= 4 is 11.7 Å². The fraction of sp³-hybridized carbons (Fsp3) is 0.133. The Hall–Kier alpha value is -2.29. The van der Waals surface area contributed by atoms with Crippen molar-refractivity contribution in [2.45, 2.75) is 12.5 Å². The van der Waals surface area contributed by atoms with Crippen LogP contribution in [-0.4, -0.2) is 17.1 Å². The molecule has 2 aromatic carbocycles. The van der Waals surface area contributed by atoms with Crippen LogP contribution in [0.4, 0.5) is 5.69 Å². The van der Waals surface area contributed by atoms with Crippen molar-refractivity contribution in [3.05, 3.63) is 66.2 Å². The maximum atomic E-state index is 11.2. The molecule has 0 fully saturated rings. The Balaban J connectivity index is 2.08. The van der Waals surface area contributed by atoms with E-state index in [1.54, 1.807) is 0 Å². The predicted octanol–water partition coefficient (Wildman–Crippen LogP) is 2.79. The number of aliphatic carboxylic acids is 1. The van der Waals surface area contributed by atoms with Gasteiger partial charge in [0, 0.05) is 12.1 Å². The summed E-state index contributed by atoms with van der Waals surface area (Å²) in [6.45, 7) is 0. The lowest BCUT2D eigenvalue weighted by atomic mass is 10.1. The molecule has 0 unspecified atom stereocenters. The maximum absolute atomic E-state index is 11.2. The van der Waals surface area contributed by atoms with Crippen LogP contribution in [0.3, 0.4) is 0 Å². The van der Waals surface area contributed by atoms with Gasteiger partial charge in [-0.1, -0.05) is 48.5 Å². The number of para-hydroxylation sites is 1. The number of hydrogen-bond acceptors (Lipinski definition) is 2. The summed E-state index contributed by atoms with van der Waals surface area (Å²) in [6.07, 6.45) is 0.463. The second kappa shape index (κ2) is 5.87. The third-order valence-electron chi connectivity index (χ3n) is 2.70. The molecule has 2 aromatic rings. The van der Waals surface area contributed by atoms with Crippen molar-refractivity contribution in [2.75, 3.05) is 5.32 Å². The minimum Gasteiger partial charge on any atom is -0.480 e. The van der Waals surface area contributed by atoms with E-state index in [9.17, 15) is 9.90 Å². The average Bonchev–Trinajstić information content (AvgIpc) is 2.40. The van der Waals surface area contributed by atoms with E-state index in [1.165, 1.54) is 0 Å². The summed E-state index contributed by atoms with van der Waals surface area (Å²) in [6, 6.07) is 18.4. The number of carbonyl (C=O) groups is 1. The molecule has 0 aliphatic rings. The van der Waals surface area contributed by atoms with Gasteiger partial charge < -0.3 is 10.4 Å². The Kier molecular flexibility index (Phi) is 3.97. The minimum atomic E-state index is -0.845. The number of rotatable bonds is 5. The topological polar surface area (TPSA) is 49.3 Å². The second-order valence-electron chi connectivity index (χ2n) is 4.09. The summed E-state index contributed by atoms with van der Waals surface area (Å²) in [5, 5.41) is 12.3. The molecule has 0 aliphatic heterocycles. The van der Waals surface area contributed by atoms with Gasteiger partial charge in [-0.15, -0.1) is 0 Å². The zero-order chi connectivity index (χ0) is 12.8. The Bertz CT molecular complexity index is 455. The highest BCUT2D eigenvalue weighted by Crippen LogP contribution is 2.11. The highest BCUT2D eigenvalue weighted by atomic mass is 16.4. The van der Waals surface area contributed by atoms with Crippen molar-refractivity contribution in [3.8, 4) is 0 Å². The first kappa shape index (κ1) is 12.2. The third-order valence-corrected chi connectivity index (χ3v) is 2.70. The smallest absolute Gasteiger partial charge is 0.326 e. The third kappa shape index (κ3) is 3.35. The number of carboxylic acids is 1. The number of carboxylic acid groups (broad SMARTS) is 1. The monoisotopic (exact) mass is 241 g/mol. The first-order valence-corrected chi connectivity index (χ1v) is 5.84.